The molecular formula is C14H17N3O. The predicted octanol–water partition coefficient (Wildman–Crippen LogP) is 2.57. The second-order valence-electron chi connectivity index (χ2n) is 4.83. The van der Waals surface area contributed by atoms with Crippen molar-refractivity contribution < 1.29 is 0 Å². The Kier molecular flexibility index (Phi) is 3.28. The molecule has 4 nitrogen and oxygen atoms in total. The van der Waals surface area contributed by atoms with Gasteiger partial charge in [-0.2, -0.15) is 0 Å². The molecule has 0 spiro atoms. The fourth-order valence-corrected chi connectivity index (χ4v) is 1.79. The second-order valence-corrected chi connectivity index (χ2v) is 4.83. The largest absolute Gasteiger partial charge is 0.310 e. The maximum Gasteiger partial charge on any atom is 0.254 e. The van der Waals surface area contributed by atoms with E-state index < -0.39 is 0 Å². The van der Waals surface area contributed by atoms with E-state index in [-0.39, 0.29) is 11.5 Å². The number of nitrogens with one attached hydrogen (secondary N) is 1. The summed E-state index contributed by atoms with van der Waals surface area (Å²) in [6, 6.07) is 1.99. The number of aromatic nitrogens is 3. The molecule has 0 aliphatic carbocycles. The molecule has 0 saturated heterocycles. The van der Waals surface area contributed by atoms with Gasteiger partial charge in [-0.1, -0.05) is 13.8 Å². The lowest BCUT2D eigenvalue weighted by molar-refractivity contribution is 0.764. The molecule has 1 N–H and O–H groups in total. The topological polar surface area (TPSA) is 58.6 Å². The smallest absolute Gasteiger partial charge is 0.254 e. The molecule has 0 aliphatic heterocycles. The third-order valence-corrected chi connectivity index (χ3v) is 2.86. The molecule has 0 unspecified atom stereocenters. The van der Waals surface area contributed by atoms with E-state index in [2.05, 4.69) is 15.0 Å². The van der Waals surface area contributed by atoms with Crippen LogP contribution in [0.3, 0.4) is 0 Å². The molecule has 4 heteroatoms. The maximum atomic E-state index is 11.9. The first-order chi connectivity index (χ1) is 8.49. The van der Waals surface area contributed by atoms with Crippen LogP contribution in [-0.4, -0.2) is 15.0 Å². The van der Waals surface area contributed by atoms with E-state index in [1.54, 1.807) is 19.3 Å². The SMILES string of the molecule is Cc1cncc(-c2nc(C(C)C)[nH]c(=O)c2C)c1. The van der Waals surface area contributed by atoms with Gasteiger partial charge in [0.15, 0.2) is 0 Å². The molecule has 2 aromatic heterocycles. The molecule has 0 aromatic carbocycles. The predicted molar refractivity (Wildman–Crippen MR) is 71.7 cm³/mol. The number of pyridine rings is 1. The highest BCUT2D eigenvalue weighted by molar-refractivity contribution is 5.61. The molecule has 18 heavy (non-hydrogen) atoms. The Morgan fingerprint density at radius 1 is 1.22 bits per heavy atom. The van der Waals surface area contributed by atoms with Crippen LogP contribution in [0.5, 0.6) is 0 Å². The van der Waals surface area contributed by atoms with Crippen molar-refractivity contribution in [1.29, 1.82) is 0 Å². The molecule has 0 saturated carbocycles. The van der Waals surface area contributed by atoms with Crippen molar-refractivity contribution in [2.24, 2.45) is 0 Å². The molecule has 2 rings (SSSR count). The van der Waals surface area contributed by atoms with E-state index >= 15 is 0 Å². The highest BCUT2D eigenvalue weighted by Crippen LogP contribution is 2.20. The van der Waals surface area contributed by atoms with Gasteiger partial charge >= 0.3 is 0 Å². The fraction of sp³-hybridized carbons (Fsp3) is 0.357. The minimum atomic E-state index is -0.0785. The normalized spacial score (nSPS) is 10.9. The van der Waals surface area contributed by atoms with Crippen LogP contribution >= 0.6 is 0 Å². The Bertz CT molecular complexity index is 629. The number of H-pyrrole nitrogens is 1. The van der Waals surface area contributed by atoms with Gasteiger partial charge in [0.25, 0.3) is 5.56 Å². The Morgan fingerprint density at radius 3 is 2.56 bits per heavy atom. The fourth-order valence-electron chi connectivity index (χ4n) is 1.79. The minimum Gasteiger partial charge on any atom is -0.310 e. The Balaban J connectivity index is 2.67. The highest BCUT2D eigenvalue weighted by atomic mass is 16.1. The van der Waals surface area contributed by atoms with E-state index in [1.807, 2.05) is 26.8 Å². The van der Waals surface area contributed by atoms with E-state index in [1.165, 1.54) is 0 Å². The number of aromatic amines is 1. The highest BCUT2D eigenvalue weighted by Gasteiger charge is 2.12. The Hall–Kier alpha value is -1.97. The van der Waals surface area contributed by atoms with Crippen LogP contribution < -0.4 is 5.56 Å². The van der Waals surface area contributed by atoms with Crippen LogP contribution in [0.4, 0.5) is 0 Å². The third kappa shape index (κ3) is 2.32. The molecular weight excluding hydrogens is 226 g/mol. The Labute approximate surface area is 106 Å². The van der Waals surface area contributed by atoms with Gasteiger partial charge < -0.3 is 4.98 Å². The zero-order valence-electron chi connectivity index (χ0n) is 11.1. The average molecular weight is 243 g/mol. The lowest BCUT2D eigenvalue weighted by Crippen LogP contribution is -2.17. The average Bonchev–Trinajstić information content (AvgIpc) is 2.32. The number of hydrogen-bond donors (Lipinski definition) is 1. The summed E-state index contributed by atoms with van der Waals surface area (Å²) < 4.78 is 0. The summed E-state index contributed by atoms with van der Waals surface area (Å²) in [4.78, 5) is 23.4. The molecule has 0 bridgehead atoms. The van der Waals surface area contributed by atoms with Crippen molar-refractivity contribution in [3.63, 3.8) is 0 Å². The van der Waals surface area contributed by atoms with Crippen LogP contribution in [-0.2, 0) is 0 Å². The summed E-state index contributed by atoms with van der Waals surface area (Å²) in [7, 11) is 0. The number of aryl methyl sites for hydroxylation is 1. The summed E-state index contributed by atoms with van der Waals surface area (Å²) in [6.07, 6.45) is 3.53. The Morgan fingerprint density at radius 2 is 1.94 bits per heavy atom. The van der Waals surface area contributed by atoms with Crippen LogP contribution in [0.25, 0.3) is 11.3 Å². The van der Waals surface area contributed by atoms with Crippen LogP contribution in [0.1, 0.15) is 36.7 Å². The molecule has 0 fully saturated rings. The second kappa shape index (κ2) is 4.72. The van der Waals surface area contributed by atoms with Gasteiger partial charge in [0.2, 0.25) is 0 Å². The number of hydrogen-bond acceptors (Lipinski definition) is 3. The van der Waals surface area contributed by atoms with Crippen molar-refractivity contribution >= 4 is 0 Å². The van der Waals surface area contributed by atoms with Gasteiger partial charge in [-0.25, -0.2) is 4.98 Å². The standard InChI is InChI=1S/C14H17N3O/c1-8(2)13-16-12(10(4)14(18)17-13)11-5-9(3)6-15-7-11/h5-8H,1-4H3,(H,16,17,18). The summed E-state index contributed by atoms with van der Waals surface area (Å²) >= 11 is 0. The zero-order chi connectivity index (χ0) is 13.3. The molecule has 2 heterocycles. The number of rotatable bonds is 2. The first kappa shape index (κ1) is 12.5. The van der Waals surface area contributed by atoms with Crippen LogP contribution in [0.15, 0.2) is 23.3 Å². The molecule has 0 amide bonds. The monoisotopic (exact) mass is 243 g/mol. The third-order valence-electron chi connectivity index (χ3n) is 2.86. The van der Waals surface area contributed by atoms with Gasteiger partial charge in [0.05, 0.1) is 5.69 Å². The van der Waals surface area contributed by atoms with Crippen LogP contribution in [0, 0.1) is 13.8 Å². The first-order valence-corrected chi connectivity index (χ1v) is 6.02. The van der Waals surface area contributed by atoms with Crippen molar-refractivity contribution in [2.75, 3.05) is 0 Å². The van der Waals surface area contributed by atoms with Gasteiger partial charge in [-0.05, 0) is 25.5 Å². The maximum absolute atomic E-state index is 11.9. The lowest BCUT2D eigenvalue weighted by atomic mass is 10.1. The molecule has 94 valence electrons. The van der Waals surface area contributed by atoms with Crippen molar-refractivity contribution in [1.82, 2.24) is 15.0 Å². The summed E-state index contributed by atoms with van der Waals surface area (Å²) in [5, 5.41) is 0. The van der Waals surface area contributed by atoms with E-state index in [0.29, 0.717) is 11.4 Å². The summed E-state index contributed by atoms with van der Waals surface area (Å²) in [6.45, 7) is 7.77. The van der Waals surface area contributed by atoms with Crippen molar-refractivity contribution in [2.45, 2.75) is 33.6 Å². The van der Waals surface area contributed by atoms with Crippen molar-refractivity contribution in [3.8, 4) is 11.3 Å². The minimum absolute atomic E-state index is 0.0785. The number of nitrogens with zero attached hydrogens (tertiary/aromatic N) is 2. The van der Waals surface area contributed by atoms with Crippen molar-refractivity contribution in [3.05, 3.63) is 45.8 Å². The van der Waals surface area contributed by atoms with Gasteiger partial charge in [-0.3, -0.25) is 9.78 Å². The summed E-state index contributed by atoms with van der Waals surface area (Å²) in [5.74, 6) is 0.900. The van der Waals surface area contributed by atoms with Crippen LogP contribution in [0.2, 0.25) is 0 Å². The van der Waals surface area contributed by atoms with Gasteiger partial charge in [0.1, 0.15) is 5.82 Å². The quantitative estimate of drug-likeness (QED) is 0.881. The molecule has 0 aliphatic rings. The van der Waals surface area contributed by atoms with E-state index in [0.717, 1.165) is 16.8 Å². The van der Waals surface area contributed by atoms with Gasteiger partial charge in [-0.15, -0.1) is 0 Å². The zero-order valence-corrected chi connectivity index (χ0v) is 11.1. The van der Waals surface area contributed by atoms with Gasteiger partial charge in [0, 0.05) is 29.4 Å². The molecule has 0 atom stereocenters. The van der Waals surface area contributed by atoms with E-state index in [4.69, 9.17) is 0 Å². The lowest BCUT2D eigenvalue weighted by Gasteiger charge is -2.10. The molecule has 2 aromatic rings. The summed E-state index contributed by atoms with van der Waals surface area (Å²) in [5.41, 5.74) is 3.22. The first-order valence-electron chi connectivity index (χ1n) is 6.02. The van der Waals surface area contributed by atoms with E-state index in [9.17, 15) is 4.79 Å². The molecule has 0 radical (unpaired) electrons.